The highest BCUT2D eigenvalue weighted by molar-refractivity contribution is 6.15. The molecule has 0 unspecified atom stereocenters. The van der Waals surface area contributed by atoms with Gasteiger partial charge in [0.15, 0.2) is 11.5 Å². The quantitative estimate of drug-likeness (QED) is 0.0484. The Balaban J connectivity index is 0.795. The summed E-state index contributed by atoms with van der Waals surface area (Å²) in [5.74, 6) is -1.55. The van der Waals surface area contributed by atoms with E-state index in [0.29, 0.717) is 76.6 Å². The van der Waals surface area contributed by atoms with Crippen LogP contribution in [0.15, 0.2) is 108 Å². The molecule has 0 saturated heterocycles. The van der Waals surface area contributed by atoms with E-state index in [0.717, 1.165) is 51.4 Å². The zero-order valence-electron chi connectivity index (χ0n) is 45.0. The number of ether oxygens (including phenoxy) is 3. The van der Waals surface area contributed by atoms with Crippen molar-refractivity contribution in [1.29, 1.82) is 0 Å². The van der Waals surface area contributed by atoms with Crippen molar-refractivity contribution in [2.24, 2.45) is 4.99 Å². The van der Waals surface area contributed by atoms with Crippen LogP contribution in [0.3, 0.4) is 0 Å². The van der Waals surface area contributed by atoms with E-state index in [1.54, 1.807) is 35.2 Å². The number of hydrogen-bond donors (Lipinski definition) is 4. The zero-order chi connectivity index (χ0) is 56.2. The number of hydrogen-bond acceptors (Lipinski definition) is 12. The number of fused-ring (bicyclic) bond motifs is 8. The minimum absolute atomic E-state index is 0.0252. The van der Waals surface area contributed by atoms with Gasteiger partial charge < -0.3 is 40.4 Å². The van der Waals surface area contributed by atoms with Gasteiger partial charge in [0.05, 0.1) is 24.4 Å². The molecule has 0 aromatic heterocycles. The Morgan fingerprint density at radius 1 is 0.675 bits per heavy atom. The number of imide groups is 1. The molecular weight excluding hydrogens is 1020 g/mol. The Morgan fingerprint density at radius 3 is 2.02 bits per heavy atom. The van der Waals surface area contributed by atoms with Gasteiger partial charge in [-0.15, -0.1) is 0 Å². The van der Waals surface area contributed by atoms with Crippen molar-refractivity contribution >= 4 is 76.2 Å². The highest BCUT2D eigenvalue weighted by Crippen LogP contribution is 2.42. The number of para-hydroxylation sites is 2. The van der Waals surface area contributed by atoms with Crippen LogP contribution in [0.2, 0.25) is 0 Å². The molecule has 4 atom stereocenters. The first kappa shape index (κ1) is 54.2. The van der Waals surface area contributed by atoms with Crippen LogP contribution in [0.1, 0.15) is 100 Å². The van der Waals surface area contributed by atoms with Gasteiger partial charge in [-0.1, -0.05) is 36.4 Å². The van der Waals surface area contributed by atoms with Crippen LogP contribution in [0.4, 0.5) is 22.7 Å². The molecule has 0 saturated carbocycles. The fourth-order valence-electron chi connectivity index (χ4n) is 10.9. The minimum Gasteiger partial charge on any atom is -0.493 e. The average Bonchev–Trinajstić information content (AvgIpc) is 4.18. The van der Waals surface area contributed by atoms with E-state index in [1.165, 1.54) is 33.1 Å². The predicted octanol–water partition coefficient (Wildman–Crippen LogP) is 6.52. The highest BCUT2D eigenvalue weighted by atomic mass is 16.5. The normalized spacial score (nSPS) is 17.2. The van der Waals surface area contributed by atoms with Crippen molar-refractivity contribution in [2.45, 2.75) is 110 Å². The maximum atomic E-state index is 14.2. The molecule has 5 aromatic carbocycles. The Kier molecular flexibility index (Phi) is 15.9. The number of benzene rings is 5. The van der Waals surface area contributed by atoms with E-state index in [1.807, 2.05) is 72.6 Å². The molecule has 5 heterocycles. The summed E-state index contributed by atoms with van der Waals surface area (Å²) < 4.78 is 18.8. The molecule has 0 fully saturated rings. The average molecular weight is 1080 g/mol. The van der Waals surface area contributed by atoms with Crippen molar-refractivity contribution in [3.63, 3.8) is 0 Å². The molecule has 4 N–H and O–H groups in total. The smallest absolute Gasteiger partial charge is 0.261 e. The number of carbonyl (C=O) groups is 8. The molecule has 19 nitrogen and oxygen atoms in total. The lowest BCUT2D eigenvalue weighted by molar-refractivity contribution is -0.137. The minimum atomic E-state index is -1.04. The number of rotatable bonds is 20. The second-order valence-corrected chi connectivity index (χ2v) is 20.7. The lowest BCUT2D eigenvalue weighted by atomic mass is 9.99. The predicted molar refractivity (Wildman–Crippen MR) is 298 cm³/mol. The summed E-state index contributed by atoms with van der Waals surface area (Å²) in [4.78, 5) is 113. The second kappa shape index (κ2) is 23.5. The van der Waals surface area contributed by atoms with Gasteiger partial charge in [-0.3, -0.25) is 53.1 Å². The molecule has 0 aliphatic carbocycles. The summed E-state index contributed by atoms with van der Waals surface area (Å²) in [6, 6.07) is 26.3. The van der Waals surface area contributed by atoms with E-state index < -0.39 is 41.6 Å². The molecule has 80 heavy (non-hydrogen) atoms. The summed E-state index contributed by atoms with van der Waals surface area (Å²) in [7, 11) is 1.53. The van der Waals surface area contributed by atoms with Crippen molar-refractivity contribution in [3.05, 3.63) is 148 Å². The fourth-order valence-corrected chi connectivity index (χ4v) is 10.9. The first-order valence-electron chi connectivity index (χ1n) is 26.9. The molecular formula is C61H62N8O11. The van der Waals surface area contributed by atoms with Gasteiger partial charge in [0.25, 0.3) is 23.6 Å². The van der Waals surface area contributed by atoms with E-state index >= 15 is 0 Å². The first-order chi connectivity index (χ1) is 38.6. The molecule has 5 aliphatic rings. The molecule has 0 spiro atoms. The highest BCUT2D eigenvalue weighted by Gasteiger charge is 2.39. The molecule has 5 aliphatic heterocycles. The molecule has 412 valence electrons. The topological polar surface area (TPSA) is 234 Å². The van der Waals surface area contributed by atoms with E-state index in [4.69, 9.17) is 19.2 Å². The first-order valence-corrected chi connectivity index (χ1v) is 26.9. The molecule has 19 heteroatoms. The fraction of sp³-hybridized carbons (Fsp3) is 0.328. The maximum absolute atomic E-state index is 14.2. The zero-order valence-corrected chi connectivity index (χ0v) is 45.0. The Labute approximate surface area is 462 Å². The number of aryl methyl sites for hydroxylation is 2. The summed E-state index contributed by atoms with van der Waals surface area (Å²) >= 11 is 0. The van der Waals surface area contributed by atoms with Crippen LogP contribution >= 0.6 is 0 Å². The monoisotopic (exact) mass is 1080 g/mol. The summed E-state index contributed by atoms with van der Waals surface area (Å²) in [5, 5.41) is 10.9. The summed E-state index contributed by atoms with van der Waals surface area (Å²) in [5.41, 5.74) is 8.85. The maximum Gasteiger partial charge on any atom is 0.261 e. The van der Waals surface area contributed by atoms with Crippen LogP contribution in [0.5, 0.6) is 17.2 Å². The number of nitrogens with one attached hydrogen (secondary N) is 4. The van der Waals surface area contributed by atoms with Gasteiger partial charge in [0, 0.05) is 85.5 Å². The third kappa shape index (κ3) is 11.7. The third-order valence-corrected chi connectivity index (χ3v) is 15.0. The third-order valence-electron chi connectivity index (χ3n) is 15.0. The van der Waals surface area contributed by atoms with Gasteiger partial charge >= 0.3 is 0 Å². The Bertz CT molecular complexity index is 3390. The lowest BCUT2D eigenvalue weighted by Crippen LogP contribution is -2.50. The number of methoxy groups -OCH3 is 1. The molecule has 8 amide bonds. The summed E-state index contributed by atoms with van der Waals surface area (Å²) in [6.45, 7) is 5.14. The molecule has 10 rings (SSSR count). The van der Waals surface area contributed by atoms with Gasteiger partial charge in [0.1, 0.15) is 31.0 Å². The Hall–Kier alpha value is -9.13. The number of anilines is 3. The van der Waals surface area contributed by atoms with E-state index in [9.17, 15) is 38.4 Å². The molecule has 0 radical (unpaired) electrons. The van der Waals surface area contributed by atoms with Crippen LogP contribution in [-0.4, -0.2) is 103 Å². The number of aliphatic imine (C=N–C) groups is 1. The van der Waals surface area contributed by atoms with Crippen LogP contribution in [-0.2, 0) is 61.2 Å². The standard InChI is InChI=1S/C61H62N8O11/c1-35-23-47-48(63-32-45-28-42-12-6-8-14-50(42)69(45)61(47)77)31-51(35)79-33-38-24-39(34-80-53-29-40-17-18-44-27-41-11-5-7-13-49(41)68(44)60(76)46(40)30-52(53)78-4)26-43(25-38)66-59(75)37(3)65-58(74)36(2)64-55(71)16-10-9-15-54(70)62-21-22-67-56(72)19-20-57(67)73/h5-8,11-14,19-20,23-26,29-32,36-37,44-45H,9-10,15-18,21-22,27-28,33-34H2,1-4H3,(H,62,70)(H,64,71)(H,65,74)(H,66,75)/t36-,37-,44+,45-/m0/s1. The van der Waals surface area contributed by atoms with Gasteiger partial charge in [0.2, 0.25) is 23.6 Å². The SMILES string of the molecule is COc1cc2c(cc1OCc1cc(COc3cc4c(cc3C)C(=O)N3c5ccccc5C[C@H]3C=N4)cc(NC(=O)[C@H](C)NC(=O)[C@H](C)NC(=O)CCCCC(=O)NCCN3C(=O)C=CC3=O)c1)CC[C@@H]1Cc3ccccc3N1C2=O. The van der Waals surface area contributed by atoms with Crippen molar-refractivity contribution < 1.29 is 52.6 Å². The van der Waals surface area contributed by atoms with E-state index in [-0.39, 0.29) is 69.0 Å². The lowest BCUT2D eigenvalue weighted by Gasteiger charge is -2.23. The van der Waals surface area contributed by atoms with Gasteiger partial charge in [-0.2, -0.15) is 0 Å². The van der Waals surface area contributed by atoms with Crippen LogP contribution in [0.25, 0.3) is 0 Å². The number of carbonyl (C=O) groups excluding carboxylic acids is 8. The van der Waals surface area contributed by atoms with Crippen LogP contribution in [0, 0.1) is 6.92 Å². The number of unbranched alkanes of at least 4 members (excludes halogenated alkanes) is 1. The van der Waals surface area contributed by atoms with Crippen LogP contribution < -0.4 is 45.3 Å². The largest absolute Gasteiger partial charge is 0.493 e. The Morgan fingerprint density at radius 2 is 1.31 bits per heavy atom. The van der Waals surface area contributed by atoms with Crippen molar-refractivity contribution in [2.75, 3.05) is 35.3 Å². The van der Waals surface area contributed by atoms with Gasteiger partial charge in [-0.25, -0.2) is 0 Å². The van der Waals surface area contributed by atoms with Crippen molar-refractivity contribution in [3.8, 4) is 17.2 Å². The molecule has 5 aromatic rings. The molecule has 0 bridgehead atoms. The second-order valence-electron chi connectivity index (χ2n) is 20.7. The van der Waals surface area contributed by atoms with Gasteiger partial charge in [-0.05, 0) is 135 Å². The number of nitrogens with zero attached hydrogens (tertiary/aromatic N) is 4. The number of amides is 8. The van der Waals surface area contributed by atoms with E-state index in [2.05, 4.69) is 27.3 Å². The van der Waals surface area contributed by atoms with Crippen molar-refractivity contribution in [1.82, 2.24) is 20.9 Å². The summed E-state index contributed by atoms with van der Waals surface area (Å²) in [6.07, 6.45) is 7.99.